The van der Waals surface area contributed by atoms with Gasteiger partial charge in [-0.3, -0.25) is 9.58 Å². The summed E-state index contributed by atoms with van der Waals surface area (Å²) in [6, 6.07) is 14.8. The molecular weight excluding hydrogens is 393 g/mol. The van der Waals surface area contributed by atoms with Crippen molar-refractivity contribution in [3.05, 3.63) is 71.7 Å². The molecule has 0 amide bonds. The van der Waals surface area contributed by atoms with E-state index in [0.717, 1.165) is 49.3 Å². The molecule has 0 saturated heterocycles. The van der Waals surface area contributed by atoms with Gasteiger partial charge in [-0.15, -0.1) is 0 Å². The second kappa shape index (κ2) is 8.31. The van der Waals surface area contributed by atoms with Crippen molar-refractivity contribution >= 4 is 28.5 Å². The maximum atomic E-state index is 13.2. The number of nitrogens with one attached hydrogen (secondary N) is 2. The van der Waals surface area contributed by atoms with E-state index in [1.54, 1.807) is 23.0 Å². The van der Waals surface area contributed by atoms with E-state index < -0.39 is 0 Å². The molecule has 2 aromatic heterocycles. The van der Waals surface area contributed by atoms with E-state index >= 15 is 0 Å². The summed E-state index contributed by atoms with van der Waals surface area (Å²) < 4.78 is 15.0. The number of fused-ring (bicyclic) bond motifs is 2. The third-order valence-corrected chi connectivity index (χ3v) is 5.62. The first-order valence-electron chi connectivity index (χ1n) is 10.4. The summed E-state index contributed by atoms with van der Waals surface area (Å²) >= 11 is 0. The Morgan fingerprint density at radius 1 is 1.03 bits per heavy atom. The van der Waals surface area contributed by atoms with Crippen LogP contribution >= 0.6 is 0 Å². The van der Waals surface area contributed by atoms with Crippen LogP contribution in [0.4, 0.5) is 21.8 Å². The van der Waals surface area contributed by atoms with E-state index in [9.17, 15) is 4.39 Å². The second-order valence-electron chi connectivity index (χ2n) is 7.75. The lowest BCUT2D eigenvalue weighted by Gasteiger charge is -2.28. The zero-order valence-electron chi connectivity index (χ0n) is 17.3. The van der Waals surface area contributed by atoms with Gasteiger partial charge in [0.15, 0.2) is 5.65 Å². The van der Waals surface area contributed by atoms with E-state index in [1.807, 2.05) is 7.05 Å². The fourth-order valence-corrected chi connectivity index (χ4v) is 3.94. The van der Waals surface area contributed by atoms with Gasteiger partial charge in [-0.2, -0.15) is 15.1 Å². The minimum absolute atomic E-state index is 0.276. The van der Waals surface area contributed by atoms with Gasteiger partial charge in [0, 0.05) is 38.9 Å². The maximum absolute atomic E-state index is 13.2. The van der Waals surface area contributed by atoms with E-state index in [1.165, 1.54) is 23.3 Å². The number of aromatic nitrogens is 4. The van der Waals surface area contributed by atoms with Gasteiger partial charge in [-0.05, 0) is 41.8 Å². The van der Waals surface area contributed by atoms with Crippen LogP contribution in [0.3, 0.4) is 0 Å². The summed E-state index contributed by atoms with van der Waals surface area (Å²) in [6.45, 7) is 3.66. The van der Waals surface area contributed by atoms with Crippen molar-refractivity contribution < 1.29 is 4.39 Å². The number of benzene rings is 2. The summed E-state index contributed by atoms with van der Waals surface area (Å²) in [4.78, 5) is 11.7. The third-order valence-electron chi connectivity index (χ3n) is 5.62. The Morgan fingerprint density at radius 3 is 2.68 bits per heavy atom. The Kier molecular flexibility index (Phi) is 5.21. The van der Waals surface area contributed by atoms with Crippen LogP contribution in [0.2, 0.25) is 0 Å². The molecule has 0 spiro atoms. The summed E-state index contributed by atoms with van der Waals surface area (Å²) in [5.74, 6) is 0.902. The smallest absolute Gasteiger partial charge is 0.226 e. The van der Waals surface area contributed by atoms with Gasteiger partial charge in [-0.1, -0.05) is 24.3 Å². The molecule has 4 aromatic rings. The number of nitrogens with zero attached hydrogens (tertiary/aromatic N) is 5. The van der Waals surface area contributed by atoms with Crippen LogP contribution in [-0.2, 0) is 20.0 Å². The molecule has 0 saturated carbocycles. The Hall–Kier alpha value is -3.52. The predicted molar refractivity (Wildman–Crippen MR) is 120 cm³/mol. The molecule has 1 aliphatic heterocycles. The van der Waals surface area contributed by atoms with Gasteiger partial charge < -0.3 is 10.6 Å². The molecule has 0 fully saturated rings. The highest BCUT2D eigenvalue weighted by molar-refractivity contribution is 5.89. The molecule has 3 heterocycles. The van der Waals surface area contributed by atoms with Gasteiger partial charge in [0.2, 0.25) is 5.95 Å². The minimum Gasteiger partial charge on any atom is -0.353 e. The largest absolute Gasteiger partial charge is 0.353 e. The lowest BCUT2D eigenvalue weighted by atomic mass is 10.00. The zero-order valence-corrected chi connectivity index (χ0v) is 17.3. The average molecular weight is 417 g/mol. The summed E-state index contributed by atoms with van der Waals surface area (Å²) in [5, 5.41) is 11.7. The second-order valence-corrected chi connectivity index (χ2v) is 7.75. The summed E-state index contributed by atoms with van der Waals surface area (Å²) in [5.41, 5.74) is 4.34. The third kappa shape index (κ3) is 4.20. The highest BCUT2D eigenvalue weighted by Crippen LogP contribution is 2.25. The zero-order chi connectivity index (χ0) is 21.2. The van der Waals surface area contributed by atoms with Crippen LogP contribution in [0.25, 0.3) is 11.0 Å². The monoisotopic (exact) mass is 417 g/mol. The predicted octanol–water partition coefficient (Wildman–Crippen LogP) is 3.72. The topological polar surface area (TPSA) is 70.9 Å². The van der Waals surface area contributed by atoms with Crippen molar-refractivity contribution in [2.45, 2.75) is 13.0 Å². The molecule has 31 heavy (non-hydrogen) atoms. The molecule has 2 aromatic carbocycles. The van der Waals surface area contributed by atoms with Gasteiger partial charge >= 0.3 is 0 Å². The van der Waals surface area contributed by atoms with Crippen LogP contribution in [0, 0.1) is 5.82 Å². The first-order chi connectivity index (χ1) is 15.2. The number of anilines is 3. The van der Waals surface area contributed by atoms with Gasteiger partial charge in [0.25, 0.3) is 0 Å². The SMILES string of the molecule is Cn1ncc2c(Nc3ccc(F)cc3)nc(NCCN3CCc4ccccc4C3)nc21. The average Bonchev–Trinajstić information content (AvgIpc) is 3.16. The van der Waals surface area contributed by atoms with Gasteiger partial charge in [0.05, 0.1) is 11.6 Å². The van der Waals surface area contributed by atoms with Crippen molar-refractivity contribution in [2.24, 2.45) is 7.05 Å². The molecule has 8 heteroatoms. The Balaban J connectivity index is 1.29. The molecule has 0 radical (unpaired) electrons. The maximum Gasteiger partial charge on any atom is 0.226 e. The van der Waals surface area contributed by atoms with Crippen LogP contribution in [0.1, 0.15) is 11.1 Å². The normalized spacial score (nSPS) is 13.9. The quantitative estimate of drug-likeness (QED) is 0.498. The number of hydrogen-bond donors (Lipinski definition) is 2. The molecule has 0 bridgehead atoms. The van der Waals surface area contributed by atoms with Crippen LogP contribution in [-0.4, -0.2) is 44.3 Å². The van der Waals surface area contributed by atoms with Crippen molar-refractivity contribution in [1.29, 1.82) is 0 Å². The molecule has 5 rings (SSSR count). The lowest BCUT2D eigenvalue weighted by molar-refractivity contribution is 0.264. The van der Waals surface area contributed by atoms with E-state index in [-0.39, 0.29) is 5.82 Å². The number of rotatable bonds is 6. The molecule has 0 unspecified atom stereocenters. The molecule has 2 N–H and O–H groups in total. The van der Waals surface area contributed by atoms with Gasteiger partial charge in [0.1, 0.15) is 11.6 Å². The van der Waals surface area contributed by atoms with Crippen LogP contribution in [0.5, 0.6) is 0 Å². The number of halogens is 1. The highest BCUT2D eigenvalue weighted by Gasteiger charge is 2.16. The van der Waals surface area contributed by atoms with E-state index in [0.29, 0.717) is 11.8 Å². The van der Waals surface area contributed by atoms with Crippen LogP contribution in [0.15, 0.2) is 54.7 Å². The molecule has 1 aliphatic rings. The molecule has 0 aliphatic carbocycles. The molecular formula is C23H24FN7. The van der Waals surface area contributed by atoms with Crippen LogP contribution < -0.4 is 10.6 Å². The highest BCUT2D eigenvalue weighted by atomic mass is 19.1. The first kappa shape index (κ1) is 19.4. The summed E-state index contributed by atoms with van der Waals surface area (Å²) in [6.07, 6.45) is 2.82. The fraction of sp³-hybridized carbons (Fsp3) is 0.261. The number of aryl methyl sites for hydroxylation is 1. The first-order valence-corrected chi connectivity index (χ1v) is 10.4. The number of hydrogen-bond acceptors (Lipinski definition) is 6. The van der Waals surface area contributed by atoms with Crippen molar-refractivity contribution in [2.75, 3.05) is 30.3 Å². The van der Waals surface area contributed by atoms with E-state index in [2.05, 4.69) is 54.9 Å². The molecule has 0 atom stereocenters. The fourth-order valence-electron chi connectivity index (χ4n) is 3.94. The van der Waals surface area contributed by atoms with Crippen molar-refractivity contribution in [3.8, 4) is 0 Å². The Labute approximate surface area is 179 Å². The lowest BCUT2D eigenvalue weighted by Crippen LogP contribution is -2.34. The van der Waals surface area contributed by atoms with Gasteiger partial charge in [-0.25, -0.2) is 4.39 Å². The Morgan fingerprint density at radius 2 is 1.84 bits per heavy atom. The minimum atomic E-state index is -0.276. The molecule has 7 nitrogen and oxygen atoms in total. The summed E-state index contributed by atoms with van der Waals surface area (Å²) in [7, 11) is 1.85. The standard InChI is InChI=1S/C23H24FN7/c1-30-22-20(14-26-30)21(27-19-8-6-18(24)7-9-19)28-23(29-22)25-11-13-31-12-10-16-4-2-3-5-17(16)15-31/h2-9,14H,10-13,15H2,1H3,(H2,25,27,28,29). The van der Waals surface area contributed by atoms with E-state index in [4.69, 9.17) is 0 Å². The molecule has 158 valence electrons. The van der Waals surface area contributed by atoms with Crippen molar-refractivity contribution in [1.82, 2.24) is 24.6 Å². The Bertz CT molecular complexity index is 1200. The van der Waals surface area contributed by atoms with Crippen molar-refractivity contribution in [3.63, 3.8) is 0 Å².